The van der Waals surface area contributed by atoms with Crippen LogP contribution >= 0.6 is 27.3 Å². The molecule has 1 heterocycles. The topological polar surface area (TPSA) is 53.3 Å². The normalized spacial score (nSPS) is 10.0. The number of amides is 1. The molecule has 0 aliphatic rings. The monoisotopic (exact) mass is 378 g/mol. The maximum atomic E-state index is 12.2. The Morgan fingerprint density at radius 3 is 2.59 bits per heavy atom. The molecule has 0 radical (unpaired) electrons. The van der Waals surface area contributed by atoms with Crippen molar-refractivity contribution in [3.8, 4) is 11.8 Å². The minimum atomic E-state index is -0.0589. The smallest absolute Gasteiger partial charge is 0.260 e. The summed E-state index contributed by atoms with van der Waals surface area (Å²) in [5.74, 6) is 0.527. The van der Waals surface area contributed by atoms with Crippen molar-refractivity contribution >= 4 is 33.2 Å². The molecular formula is C16H15BrN2O2S. The van der Waals surface area contributed by atoms with Gasteiger partial charge in [-0.2, -0.15) is 5.26 Å². The Morgan fingerprint density at radius 1 is 1.32 bits per heavy atom. The van der Waals surface area contributed by atoms with E-state index < -0.39 is 0 Å². The number of thiophene rings is 1. The predicted octanol–water partition coefficient (Wildman–Crippen LogP) is 3.81. The van der Waals surface area contributed by atoms with Gasteiger partial charge in [0.1, 0.15) is 5.75 Å². The lowest BCUT2D eigenvalue weighted by molar-refractivity contribution is -0.133. The molecular weight excluding hydrogens is 364 g/mol. The van der Waals surface area contributed by atoms with Gasteiger partial charge in [-0.05, 0) is 59.3 Å². The molecule has 0 aliphatic carbocycles. The molecule has 4 nitrogen and oxygen atoms in total. The molecule has 0 fully saturated rings. The average molecular weight is 379 g/mol. The van der Waals surface area contributed by atoms with Gasteiger partial charge in [-0.1, -0.05) is 0 Å². The van der Waals surface area contributed by atoms with Crippen LogP contribution in [-0.2, 0) is 11.3 Å². The fourth-order valence-corrected chi connectivity index (χ4v) is 3.36. The summed E-state index contributed by atoms with van der Waals surface area (Å²) in [6.07, 6.45) is 0. The molecule has 0 saturated heterocycles. The summed E-state index contributed by atoms with van der Waals surface area (Å²) in [6.45, 7) is 3.15. The lowest BCUT2D eigenvalue weighted by Crippen LogP contribution is -2.34. The van der Waals surface area contributed by atoms with Gasteiger partial charge in [0.15, 0.2) is 6.61 Å². The number of rotatable bonds is 6. The van der Waals surface area contributed by atoms with Crippen molar-refractivity contribution < 1.29 is 9.53 Å². The second-order valence-corrected chi connectivity index (χ2v) is 7.09. The molecule has 0 unspecified atom stereocenters. The summed E-state index contributed by atoms with van der Waals surface area (Å²) in [5, 5.41) is 8.74. The number of ether oxygens (including phenoxy) is 1. The SMILES string of the molecule is CCN(Cc1ccc(Br)s1)C(=O)COc1ccc(C#N)cc1. The van der Waals surface area contributed by atoms with Crippen molar-refractivity contribution in [2.45, 2.75) is 13.5 Å². The minimum absolute atomic E-state index is 0.00765. The second kappa shape index (κ2) is 7.97. The Bertz CT molecular complexity index is 676. The molecule has 0 atom stereocenters. The van der Waals surface area contributed by atoms with Crippen LogP contribution in [0.4, 0.5) is 0 Å². The number of nitriles is 1. The van der Waals surface area contributed by atoms with Gasteiger partial charge >= 0.3 is 0 Å². The summed E-state index contributed by atoms with van der Waals surface area (Å²) >= 11 is 5.04. The first kappa shape index (κ1) is 16.5. The van der Waals surface area contributed by atoms with E-state index in [1.165, 1.54) is 0 Å². The van der Waals surface area contributed by atoms with Crippen LogP contribution in [0.25, 0.3) is 0 Å². The fraction of sp³-hybridized carbons (Fsp3) is 0.250. The lowest BCUT2D eigenvalue weighted by atomic mass is 10.2. The van der Waals surface area contributed by atoms with Crippen LogP contribution in [0.3, 0.4) is 0 Å². The molecule has 0 bridgehead atoms. The Hall–Kier alpha value is -1.84. The number of likely N-dealkylation sites (N-methyl/N-ethyl adjacent to an activating group) is 1. The van der Waals surface area contributed by atoms with Crippen LogP contribution < -0.4 is 4.74 Å². The summed E-state index contributed by atoms with van der Waals surface area (Å²) in [4.78, 5) is 15.1. The molecule has 114 valence electrons. The van der Waals surface area contributed by atoms with Crippen LogP contribution in [0.15, 0.2) is 40.2 Å². The Balaban J connectivity index is 1.90. The van der Waals surface area contributed by atoms with E-state index in [-0.39, 0.29) is 12.5 Å². The average Bonchev–Trinajstić information content (AvgIpc) is 2.96. The van der Waals surface area contributed by atoms with E-state index in [0.29, 0.717) is 24.4 Å². The van der Waals surface area contributed by atoms with Crippen molar-refractivity contribution in [2.75, 3.05) is 13.2 Å². The van der Waals surface area contributed by atoms with E-state index in [1.54, 1.807) is 40.5 Å². The van der Waals surface area contributed by atoms with E-state index in [9.17, 15) is 4.79 Å². The first-order valence-corrected chi connectivity index (χ1v) is 8.38. The van der Waals surface area contributed by atoms with Gasteiger partial charge in [0.25, 0.3) is 5.91 Å². The molecule has 0 saturated carbocycles. The largest absolute Gasteiger partial charge is 0.484 e. The molecule has 6 heteroatoms. The highest BCUT2D eigenvalue weighted by atomic mass is 79.9. The highest BCUT2D eigenvalue weighted by molar-refractivity contribution is 9.11. The summed E-state index contributed by atoms with van der Waals surface area (Å²) in [6, 6.07) is 12.7. The molecule has 0 N–H and O–H groups in total. The lowest BCUT2D eigenvalue weighted by Gasteiger charge is -2.20. The summed E-state index contributed by atoms with van der Waals surface area (Å²) in [5.41, 5.74) is 0.567. The van der Waals surface area contributed by atoms with E-state index in [4.69, 9.17) is 10.00 Å². The van der Waals surface area contributed by atoms with E-state index in [1.807, 2.05) is 25.1 Å². The van der Waals surface area contributed by atoms with Crippen molar-refractivity contribution in [1.82, 2.24) is 4.90 Å². The van der Waals surface area contributed by atoms with Gasteiger partial charge in [0.2, 0.25) is 0 Å². The number of nitrogens with zero attached hydrogens (tertiary/aromatic N) is 2. The Morgan fingerprint density at radius 2 is 2.05 bits per heavy atom. The third-order valence-electron chi connectivity index (χ3n) is 3.06. The van der Waals surface area contributed by atoms with Gasteiger partial charge in [-0.3, -0.25) is 4.79 Å². The van der Waals surface area contributed by atoms with Crippen molar-refractivity contribution in [3.63, 3.8) is 0 Å². The number of hydrogen-bond donors (Lipinski definition) is 0. The maximum absolute atomic E-state index is 12.2. The van der Waals surface area contributed by atoms with Crippen LogP contribution in [0.5, 0.6) is 5.75 Å². The Kier molecular flexibility index (Phi) is 5.99. The van der Waals surface area contributed by atoms with Gasteiger partial charge < -0.3 is 9.64 Å². The number of halogens is 1. The van der Waals surface area contributed by atoms with Gasteiger partial charge in [-0.15, -0.1) is 11.3 Å². The van der Waals surface area contributed by atoms with Crippen molar-refractivity contribution in [3.05, 3.63) is 50.6 Å². The van der Waals surface area contributed by atoms with Crippen molar-refractivity contribution in [2.24, 2.45) is 0 Å². The van der Waals surface area contributed by atoms with E-state index in [2.05, 4.69) is 15.9 Å². The first-order valence-electron chi connectivity index (χ1n) is 6.77. The molecule has 1 aromatic heterocycles. The third kappa shape index (κ3) is 4.58. The molecule has 0 spiro atoms. The van der Waals surface area contributed by atoms with Gasteiger partial charge in [0, 0.05) is 11.4 Å². The zero-order valence-electron chi connectivity index (χ0n) is 12.1. The van der Waals surface area contributed by atoms with Crippen LogP contribution in [-0.4, -0.2) is 24.0 Å². The number of carbonyl (C=O) groups excluding carboxylic acids is 1. The summed E-state index contributed by atoms with van der Waals surface area (Å²) < 4.78 is 6.54. The van der Waals surface area contributed by atoms with E-state index >= 15 is 0 Å². The number of carbonyl (C=O) groups is 1. The zero-order chi connectivity index (χ0) is 15.9. The molecule has 2 rings (SSSR count). The van der Waals surface area contributed by atoms with Crippen molar-refractivity contribution in [1.29, 1.82) is 5.26 Å². The first-order chi connectivity index (χ1) is 10.6. The second-order valence-electron chi connectivity index (χ2n) is 4.54. The van der Waals surface area contributed by atoms with Crippen LogP contribution in [0.1, 0.15) is 17.4 Å². The molecule has 1 aromatic carbocycles. The quantitative estimate of drug-likeness (QED) is 0.767. The van der Waals surface area contributed by atoms with Crippen LogP contribution in [0.2, 0.25) is 0 Å². The standard InChI is InChI=1S/C16H15BrN2O2S/c1-2-19(10-14-7-8-15(17)22-14)16(20)11-21-13-5-3-12(9-18)4-6-13/h3-8H,2,10-11H2,1H3. The van der Waals surface area contributed by atoms with Gasteiger partial charge in [0.05, 0.1) is 22.0 Å². The van der Waals surface area contributed by atoms with Crippen LogP contribution in [0, 0.1) is 11.3 Å². The fourth-order valence-electron chi connectivity index (χ4n) is 1.86. The highest BCUT2D eigenvalue weighted by Gasteiger charge is 2.14. The molecule has 0 aliphatic heterocycles. The van der Waals surface area contributed by atoms with E-state index in [0.717, 1.165) is 8.66 Å². The maximum Gasteiger partial charge on any atom is 0.260 e. The Labute approximate surface area is 142 Å². The summed E-state index contributed by atoms with van der Waals surface area (Å²) in [7, 11) is 0. The predicted molar refractivity (Wildman–Crippen MR) is 89.8 cm³/mol. The highest BCUT2D eigenvalue weighted by Crippen LogP contribution is 2.23. The zero-order valence-corrected chi connectivity index (χ0v) is 14.5. The number of benzene rings is 1. The molecule has 2 aromatic rings. The molecule has 22 heavy (non-hydrogen) atoms. The van der Waals surface area contributed by atoms with Gasteiger partial charge in [-0.25, -0.2) is 0 Å². The number of hydrogen-bond acceptors (Lipinski definition) is 4. The minimum Gasteiger partial charge on any atom is -0.484 e. The third-order valence-corrected chi connectivity index (χ3v) is 4.66. The molecule has 1 amide bonds.